The molecule has 23 heavy (non-hydrogen) atoms. The first-order valence-corrected chi connectivity index (χ1v) is 10.0. The first kappa shape index (κ1) is 16.9. The second-order valence-electron chi connectivity index (χ2n) is 8.21. The monoisotopic (exact) mass is 314 g/mol. The lowest BCUT2D eigenvalue weighted by atomic mass is 9.75. The molecule has 2 saturated carbocycles. The van der Waals surface area contributed by atoms with Crippen molar-refractivity contribution in [3.63, 3.8) is 0 Å². The van der Waals surface area contributed by atoms with Crippen LogP contribution >= 0.6 is 0 Å². The normalized spacial score (nSPS) is 31.9. The summed E-state index contributed by atoms with van der Waals surface area (Å²) in [7, 11) is 0. The third-order valence-electron chi connectivity index (χ3n) is 6.54. The van der Waals surface area contributed by atoms with Crippen molar-refractivity contribution in [2.45, 2.75) is 90.4 Å². The van der Waals surface area contributed by atoms with E-state index in [1.165, 1.54) is 76.2 Å². The van der Waals surface area contributed by atoms with Gasteiger partial charge in [-0.3, -0.25) is 0 Å². The van der Waals surface area contributed by atoms with E-state index in [0.29, 0.717) is 5.92 Å². The van der Waals surface area contributed by atoms with Gasteiger partial charge < -0.3 is 0 Å². The summed E-state index contributed by atoms with van der Waals surface area (Å²) >= 11 is 0. The van der Waals surface area contributed by atoms with Crippen LogP contribution in [0.1, 0.15) is 94.9 Å². The van der Waals surface area contributed by atoms with Crippen molar-refractivity contribution in [2.24, 2.45) is 17.8 Å². The van der Waals surface area contributed by atoms with E-state index < -0.39 is 0 Å². The average Bonchev–Trinajstić information content (AvgIpc) is 2.61. The SMILES string of the molecule is CC[C@H]1CC[C@H](CCC2CCC(c3ncc(C)cn3)CC2)CC1. The molecule has 0 radical (unpaired) electrons. The maximum atomic E-state index is 4.55. The Balaban J connectivity index is 1.37. The van der Waals surface area contributed by atoms with E-state index in [9.17, 15) is 0 Å². The van der Waals surface area contributed by atoms with Gasteiger partial charge in [0.2, 0.25) is 0 Å². The Morgan fingerprint density at radius 2 is 1.26 bits per heavy atom. The standard InChI is InChI=1S/C21H34N2/c1-3-17-4-6-18(7-5-17)8-9-19-10-12-20(13-11-19)21-22-14-16(2)15-23-21/h14-15,17-20H,3-13H2,1-2H3/t17-,18-,19?,20?. The average molecular weight is 315 g/mol. The van der Waals surface area contributed by atoms with Gasteiger partial charge in [-0.1, -0.05) is 51.9 Å². The molecule has 1 heterocycles. The van der Waals surface area contributed by atoms with E-state index in [4.69, 9.17) is 0 Å². The highest BCUT2D eigenvalue weighted by atomic mass is 14.9. The summed E-state index contributed by atoms with van der Waals surface area (Å²) in [5.74, 6) is 4.76. The molecular formula is C21H34N2. The van der Waals surface area contributed by atoms with Crippen LogP contribution in [0.4, 0.5) is 0 Å². The zero-order valence-electron chi connectivity index (χ0n) is 15.1. The van der Waals surface area contributed by atoms with Gasteiger partial charge in [-0.2, -0.15) is 0 Å². The maximum absolute atomic E-state index is 4.55. The first-order chi connectivity index (χ1) is 11.2. The van der Waals surface area contributed by atoms with Crippen LogP contribution in [0.3, 0.4) is 0 Å². The fourth-order valence-corrected chi connectivity index (χ4v) is 4.72. The van der Waals surface area contributed by atoms with Crippen molar-refractivity contribution in [1.82, 2.24) is 9.97 Å². The summed E-state index contributed by atoms with van der Waals surface area (Å²) < 4.78 is 0. The molecule has 0 N–H and O–H groups in total. The zero-order chi connectivity index (χ0) is 16.1. The van der Waals surface area contributed by atoms with Crippen LogP contribution in [0.25, 0.3) is 0 Å². The molecule has 0 unspecified atom stereocenters. The summed E-state index contributed by atoms with van der Waals surface area (Å²) in [6, 6.07) is 0. The molecule has 2 fully saturated rings. The lowest BCUT2D eigenvalue weighted by Gasteiger charge is -2.31. The Morgan fingerprint density at radius 1 is 0.783 bits per heavy atom. The molecule has 0 atom stereocenters. The van der Waals surface area contributed by atoms with Gasteiger partial charge in [0, 0.05) is 18.3 Å². The largest absolute Gasteiger partial charge is 0.241 e. The predicted molar refractivity (Wildman–Crippen MR) is 96.4 cm³/mol. The third kappa shape index (κ3) is 4.78. The van der Waals surface area contributed by atoms with Crippen LogP contribution in [0, 0.1) is 24.7 Å². The minimum atomic E-state index is 0.617. The Hall–Kier alpha value is -0.920. The summed E-state index contributed by atoms with van der Waals surface area (Å²) in [5.41, 5.74) is 1.17. The second kappa shape index (κ2) is 8.26. The van der Waals surface area contributed by atoms with Gasteiger partial charge in [0.05, 0.1) is 0 Å². The molecule has 0 aromatic carbocycles. The van der Waals surface area contributed by atoms with Crippen LogP contribution in [-0.2, 0) is 0 Å². The predicted octanol–water partition coefficient (Wildman–Crippen LogP) is 6.06. The van der Waals surface area contributed by atoms with Crippen LogP contribution in [0.2, 0.25) is 0 Å². The van der Waals surface area contributed by atoms with E-state index in [-0.39, 0.29) is 0 Å². The Kier molecular flexibility index (Phi) is 6.08. The van der Waals surface area contributed by atoms with Gasteiger partial charge in [0.1, 0.15) is 5.82 Å². The smallest absolute Gasteiger partial charge is 0.131 e. The van der Waals surface area contributed by atoms with Gasteiger partial charge in [-0.05, 0) is 55.9 Å². The van der Waals surface area contributed by atoms with E-state index in [1.807, 2.05) is 12.4 Å². The Bertz CT molecular complexity index is 451. The van der Waals surface area contributed by atoms with Crippen molar-refractivity contribution in [2.75, 3.05) is 0 Å². The van der Waals surface area contributed by atoms with Crippen molar-refractivity contribution >= 4 is 0 Å². The number of hydrogen-bond donors (Lipinski definition) is 0. The molecule has 0 bridgehead atoms. The van der Waals surface area contributed by atoms with Gasteiger partial charge in [0.25, 0.3) is 0 Å². The molecular weight excluding hydrogens is 280 g/mol. The number of nitrogens with zero attached hydrogens (tertiary/aromatic N) is 2. The van der Waals surface area contributed by atoms with Gasteiger partial charge in [-0.25, -0.2) is 9.97 Å². The number of aryl methyl sites for hydroxylation is 1. The van der Waals surface area contributed by atoms with Crippen molar-refractivity contribution in [3.05, 3.63) is 23.8 Å². The summed E-state index contributed by atoms with van der Waals surface area (Å²) in [6.07, 6.45) is 19.7. The zero-order valence-corrected chi connectivity index (χ0v) is 15.1. The topological polar surface area (TPSA) is 25.8 Å². The third-order valence-corrected chi connectivity index (χ3v) is 6.54. The molecule has 2 aliphatic rings. The molecule has 3 rings (SSSR count). The van der Waals surface area contributed by atoms with E-state index in [0.717, 1.165) is 23.6 Å². The molecule has 0 saturated heterocycles. The van der Waals surface area contributed by atoms with Crippen LogP contribution < -0.4 is 0 Å². The fraction of sp³-hybridized carbons (Fsp3) is 0.810. The quantitative estimate of drug-likeness (QED) is 0.660. The minimum Gasteiger partial charge on any atom is -0.241 e. The number of aromatic nitrogens is 2. The lowest BCUT2D eigenvalue weighted by molar-refractivity contribution is 0.226. The molecule has 2 heteroatoms. The first-order valence-electron chi connectivity index (χ1n) is 10.0. The van der Waals surface area contributed by atoms with Gasteiger partial charge in [0.15, 0.2) is 0 Å². The number of rotatable bonds is 5. The lowest BCUT2D eigenvalue weighted by Crippen LogP contribution is -2.18. The van der Waals surface area contributed by atoms with E-state index >= 15 is 0 Å². The van der Waals surface area contributed by atoms with Gasteiger partial charge >= 0.3 is 0 Å². The van der Waals surface area contributed by atoms with Crippen molar-refractivity contribution < 1.29 is 0 Å². The fourth-order valence-electron chi connectivity index (χ4n) is 4.72. The van der Waals surface area contributed by atoms with Crippen LogP contribution in [0.5, 0.6) is 0 Å². The minimum absolute atomic E-state index is 0.617. The highest BCUT2D eigenvalue weighted by Gasteiger charge is 2.26. The van der Waals surface area contributed by atoms with Crippen molar-refractivity contribution in [1.29, 1.82) is 0 Å². The van der Waals surface area contributed by atoms with Crippen molar-refractivity contribution in [3.8, 4) is 0 Å². The van der Waals surface area contributed by atoms with E-state index in [1.54, 1.807) is 0 Å². The summed E-state index contributed by atoms with van der Waals surface area (Å²) in [4.78, 5) is 9.10. The number of hydrogen-bond acceptors (Lipinski definition) is 2. The van der Waals surface area contributed by atoms with E-state index in [2.05, 4.69) is 23.8 Å². The molecule has 2 aliphatic carbocycles. The Labute approximate surface area is 142 Å². The Morgan fingerprint density at radius 3 is 1.78 bits per heavy atom. The molecule has 1 aromatic rings. The highest BCUT2D eigenvalue weighted by Crippen LogP contribution is 2.39. The molecule has 0 amide bonds. The van der Waals surface area contributed by atoms with Crippen LogP contribution in [-0.4, -0.2) is 9.97 Å². The molecule has 0 aliphatic heterocycles. The second-order valence-corrected chi connectivity index (χ2v) is 8.21. The molecule has 0 spiro atoms. The van der Waals surface area contributed by atoms with Crippen LogP contribution in [0.15, 0.2) is 12.4 Å². The molecule has 1 aromatic heterocycles. The molecule has 128 valence electrons. The summed E-state index contributed by atoms with van der Waals surface area (Å²) in [6.45, 7) is 4.43. The molecule has 2 nitrogen and oxygen atoms in total. The highest BCUT2D eigenvalue weighted by molar-refractivity contribution is 5.05. The summed E-state index contributed by atoms with van der Waals surface area (Å²) in [5, 5.41) is 0. The maximum Gasteiger partial charge on any atom is 0.131 e. The van der Waals surface area contributed by atoms with Gasteiger partial charge in [-0.15, -0.1) is 0 Å².